The fourth-order valence-corrected chi connectivity index (χ4v) is 3.18. The highest BCUT2D eigenvalue weighted by Gasteiger charge is 2.09. The molecule has 0 aliphatic rings. The maximum atomic E-state index is 9.25. The van der Waals surface area contributed by atoms with Crippen molar-refractivity contribution in [1.29, 1.82) is 5.26 Å². The van der Waals surface area contributed by atoms with E-state index in [1.165, 1.54) is 0 Å². The molecule has 2 heterocycles. The van der Waals surface area contributed by atoms with E-state index in [0.717, 1.165) is 27.7 Å². The van der Waals surface area contributed by atoms with Gasteiger partial charge in [0.25, 0.3) is 0 Å². The summed E-state index contributed by atoms with van der Waals surface area (Å²) in [5.41, 5.74) is 5.43. The standard InChI is InChI=1S/C20H13ClN4/c21-20-19-18(9-10-23-20)24-13-25(19)12-14-5-7-15(8-6-14)17-4-2-1-3-16(17)11-22/h1-10,13H,12H2. The Kier molecular flexibility index (Phi) is 3.93. The van der Waals surface area contributed by atoms with Gasteiger partial charge in [-0.3, -0.25) is 0 Å². The molecule has 4 rings (SSSR count). The molecule has 0 fully saturated rings. The van der Waals surface area contributed by atoms with Crippen LogP contribution >= 0.6 is 11.6 Å². The summed E-state index contributed by atoms with van der Waals surface area (Å²) >= 11 is 6.21. The molecular formula is C20H13ClN4. The van der Waals surface area contributed by atoms with Gasteiger partial charge < -0.3 is 4.57 Å². The number of fused-ring (bicyclic) bond motifs is 1. The van der Waals surface area contributed by atoms with Crippen molar-refractivity contribution in [3.63, 3.8) is 0 Å². The van der Waals surface area contributed by atoms with Gasteiger partial charge in [-0.1, -0.05) is 54.1 Å². The number of benzene rings is 2. The Balaban J connectivity index is 1.66. The Bertz CT molecular complexity index is 1090. The van der Waals surface area contributed by atoms with Gasteiger partial charge in [0.2, 0.25) is 0 Å². The quantitative estimate of drug-likeness (QED) is 0.507. The van der Waals surface area contributed by atoms with Gasteiger partial charge in [0.15, 0.2) is 5.15 Å². The van der Waals surface area contributed by atoms with E-state index in [1.54, 1.807) is 12.5 Å². The van der Waals surface area contributed by atoms with E-state index in [2.05, 4.69) is 28.2 Å². The average Bonchev–Trinajstić information content (AvgIpc) is 3.06. The molecule has 25 heavy (non-hydrogen) atoms. The first kappa shape index (κ1) is 15.4. The summed E-state index contributed by atoms with van der Waals surface area (Å²) in [5.74, 6) is 0. The number of imidazole rings is 1. The molecule has 0 N–H and O–H groups in total. The van der Waals surface area contributed by atoms with E-state index in [-0.39, 0.29) is 0 Å². The highest BCUT2D eigenvalue weighted by atomic mass is 35.5. The Morgan fingerprint density at radius 3 is 2.60 bits per heavy atom. The molecule has 0 unspecified atom stereocenters. The molecule has 5 heteroatoms. The molecule has 0 bridgehead atoms. The summed E-state index contributed by atoms with van der Waals surface area (Å²) in [5, 5.41) is 9.71. The van der Waals surface area contributed by atoms with Gasteiger partial charge >= 0.3 is 0 Å². The van der Waals surface area contributed by atoms with E-state index in [0.29, 0.717) is 17.3 Å². The predicted octanol–water partition coefficient (Wildman–Crippen LogP) is 4.67. The fourth-order valence-electron chi connectivity index (χ4n) is 2.92. The van der Waals surface area contributed by atoms with Crippen molar-refractivity contribution in [1.82, 2.24) is 14.5 Å². The molecular weight excluding hydrogens is 332 g/mol. The van der Waals surface area contributed by atoms with Crippen LogP contribution in [0.25, 0.3) is 22.2 Å². The molecule has 4 aromatic rings. The minimum Gasteiger partial charge on any atom is -0.324 e. The van der Waals surface area contributed by atoms with E-state index in [1.807, 2.05) is 47.0 Å². The number of rotatable bonds is 3. The van der Waals surface area contributed by atoms with Crippen molar-refractivity contribution in [3.8, 4) is 17.2 Å². The highest BCUT2D eigenvalue weighted by Crippen LogP contribution is 2.25. The summed E-state index contributed by atoms with van der Waals surface area (Å²) in [7, 11) is 0. The normalized spacial score (nSPS) is 10.7. The molecule has 2 aromatic carbocycles. The third-order valence-electron chi connectivity index (χ3n) is 4.15. The Labute approximate surface area is 150 Å². The third kappa shape index (κ3) is 2.86. The van der Waals surface area contributed by atoms with Gasteiger partial charge in [-0.15, -0.1) is 0 Å². The van der Waals surface area contributed by atoms with Crippen LogP contribution in [-0.2, 0) is 6.54 Å². The summed E-state index contributed by atoms with van der Waals surface area (Å²) in [6.07, 6.45) is 3.43. The van der Waals surface area contributed by atoms with E-state index in [9.17, 15) is 5.26 Å². The number of hydrogen-bond acceptors (Lipinski definition) is 3. The lowest BCUT2D eigenvalue weighted by Gasteiger charge is -2.08. The largest absolute Gasteiger partial charge is 0.324 e. The molecule has 0 saturated carbocycles. The van der Waals surface area contributed by atoms with Crippen LogP contribution in [0.5, 0.6) is 0 Å². The fraction of sp³-hybridized carbons (Fsp3) is 0.0500. The molecule has 0 radical (unpaired) electrons. The van der Waals surface area contributed by atoms with Crippen LogP contribution in [0.3, 0.4) is 0 Å². The van der Waals surface area contributed by atoms with E-state index in [4.69, 9.17) is 11.6 Å². The van der Waals surface area contributed by atoms with Crippen molar-refractivity contribution in [2.75, 3.05) is 0 Å². The molecule has 0 spiro atoms. The van der Waals surface area contributed by atoms with Crippen LogP contribution < -0.4 is 0 Å². The predicted molar refractivity (Wildman–Crippen MR) is 98.2 cm³/mol. The summed E-state index contributed by atoms with van der Waals surface area (Å²) in [4.78, 5) is 8.49. The number of hydrogen-bond donors (Lipinski definition) is 0. The number of halogens is 1. The Hall–Kier alpha value is -3.16. The second-order valence-corrected chi connectivity index (χ2v) is 6.05. The molecule has 0 aliphatic carbocycles. The van der Waals surface area contributed by atoms with Gasteiger partial charge in [0.05, 0.1) is 23.5 Å². The number of aromatic nitrogens is 3. The van der Waals surface area contributed by atoms with Gasteiger partial charge in [0, 0.05) is 12.7 Å². The molecule has 4 nitrogen and oxygen atoms in total. The van der Waals surface area contributed by atoms with Crippen LogP contribution in [0, 0.1) is 11.3 Å². The zero-order chi connectivity index (χ0) is 17.2. The summed E-state index contributed by atoms with van der Waals surface area (Å²) in [6.45, 7) is 0.655. The van der Waals surface area contributed by atoms with Crippen molar-refractivity contribution < 1.29 is 0 Å². The lowest BCUT2D eigenvalue weighted by molar-refractivity contribution is 0.823. The van der Waals surface area contributed by atoms with E-state index < -0.39 is 0 Å². The third-order valence-corrected chi connectivity index (χ3v) is 4.42. The lowest BCUT2D eigenvalue weighted by Crippen LogP contribution is -1.98. The molecule has 0 aliphatic heterocycles. The first-order valence-corrected chi connectivity index (χ1v) is 8.18. The van der Waals surface area contributed by atoms with E-state index >= 15 is 0 Å². The highest BCUT2D eigenvalue weighted by molar-refractivity contribution is 6.33. The van der Waals surface area contributed by atoms with Crippen LogP contribution in [-0.4, -0.2) is 14.5 Å². The molecule has 0 amide bonds. The second-order valence-electron chi connectivity index (χ2n) is 5.70. The Morgan fingerprint density at radius 1 is 1.00 bits per heavy atom. The van der Waals surface area contributed by atoms with Gasteiger partial charge in [-0.05, 0) is 28.8 Å². The molecule has 2 aromatic heterocycles. The molecule has 0 saturated heterocycles. The minimum absolute atomic E-state index is 0.453. The first-order valence-electron chi connectivity index (χ1n) is 7.80. The van der Waals surface area contributed by atoms with Crippen LogP contribution in [0.2, 0.25) is 5.15 Å². The molecule has 0 atom stereocenters. The number of nitrogens with zero attached hydrogens (tertiary/aromatic N) is 4. The second kappa shape index (κ2) is 6.39. The topological polar surface area (TPSA) is 54.5 Å². The smallest absolute Gasteiger partial charge is 0.154 e. The number of nitriles is 1. The maximum absolute atomic E-state index is 9.25. The van der Waals surface area contributed by atoms with Crippen molar-refractivity contribution in [2.45, 2.75) is 6.54 Å². The summed E-state index contributed by atoms with van der Waals surface area (Å²) in [6, 6.07) is 19.9. The van der Waals surface area contributed by atoms with Crippen LogP contribution in [0.1, 0.15) is 11.1 Å². The Morgan fingerprint density at radius 2 is 1.80 bits per heavy atom. The number of pyridine rings is 1. The van der Waals surface area contributed by atoms with Crippen molar-refractivity contribution in [2.24, 2.45) is 0 Å². The monoisotopic (exact) mass is 344 g/mol. The SMILES string of the molecule is N#Cc1ccccc1-c1ccc(Cn2cnc3ccnc(Cl)c32)cc1. The zero-order valence-electron chi connectivity index (χ0n) is 13.2. The average molecular weight is 345 g/mol. The maximum Gasteiger partial charge on any atom is 0.154 e. The van der Waals surface area contributed by atoms with Crippen LogP contribution in [0.4, 0.5) is 0 Å². The minimum atomic E-state index is 0.453. The van der Waals surface area contributed by atoms with Crippen LogP contribution in [0.15, 0.2) is 67.1 Å². The van der Waals surface area contributed by atoms with Crippen molar-refractivity contribution in [3.05, 3.63) is 83.4 Å². The molecule has 120 valence electrons. The zero-order valence-corrected chi connectivity index (χ0v) is 14.0. The first-order chi connectivity index (χ1) is 12.3. The van der Waals surface area contributed by atoms with Gasteiger partial charge in [0.1, 0.15) is 5.52 Å². The van der Waals surface area contributed by atoms with Crippen molar-refractivity contribution >= 4 is 22.6 Å². The van der Waals surface area contributed by atoms with Gasteiger partial charge in [-0.25, -0.2) is 9.97 Å². The summed E-state index contributed by atoms with van der Waals surface area (Å²) < 4.78 is 1.99. The van der Waals surface area contributed by atoms with Gasteiger partial charge in [-0.2, -0.15) is 5.26 Å². The lowest BCUT2D eigenvalue weighted by atomic mass is 9.99.